The van der Waals surface area contributed by atoms with E-state index in [0.29, 0.717) is 25.6 Å². The maximum Gasteiger partial charge on any atom is 0.251 e. The molecule has 1 N–H and O–H groups in total. The van der Waals surface area contributed by atoms with E-state index in [-0.39, 0.29) is 11.6 Å². The van der Waals surface area contributed by atoms with Crippen molar-refractivity contribution in [3.05, 3.63) is 45.9 Å². The van der Waals surface area contributed by atoms with Gasteiger partial charge in [0.2, 0.25) is 5.95 Å². The molecule has 0 aromatic carbocycles. The molecule has 0 aliphatic carbocycles. The number of H-pyrrole nitrogens is 1. The van der Waals surface area contributed by atoms with Crippen LogP contribution in [0, 0.1) is 6.92 Å². The number of aromatic nitrogens is 4. The molecule has 0 bridgehead atoms. The molecule has 0 saturated carbocycles. The minimum Gasteiger partial charge on any atom is -0.378 e. The second-order valence-electron chi connectivity index (χ2n) is 6.86. The zero-order valence-corrected chi connectivity index (χ0v) is 15.0. The average Bonchev–Trinajstić information content (AvgIpc) is 3.16. The van der Waals surface area contributed by atoms with E-state index in [0.717, 1.165) is 37.0 Å². The number of aromatic amines is 1. The van der Waals surface area contributed by atoms with Crippen LogP contribution in [0.1, 0.15) is 36.1 Å². The number of nitrogens with zero attached hydrogens (tertiary/aromatic N) is 5. The first-order valence-electron chi connectivity index (χ1n) is 9.15. The molecular weight excluding hydrogens is 332 g/mol. The average molecular weight is 356 g/mol. The van der Waals surface area contributed by atoms with E-state index in [4.69, 9.17) is 9.72 Å². The van der Waals surface area contributed by atoms with Gasteiger partial charge in [0, 0.05) is 38.4 Å². The summed E-state index contributed by atoms with van der Waals surface area (Å²) < 4.78 is 5.65. The van der Waals surface area contributed by atoms with Gasteiger partial charge in [-0.15, -0.1) is 0 Å². The minimum atomic E-state index is -0.128. The summed E-state index contributed by atoms with van der Waals surface area (Å²) in [6.07, 6.45) is 4.24. The third kappa shape index (κ3) is 3.76. The Morgan fingerprint density at radius 2 is 2.12 bits per heavy atom. The van der Waals surface area contributed by atoms with Crippen LogP contribution in [0.25, 0.3) is 0 Å². The molecule has 2 aromatic rings. The first-order valence-corrected chi connectivity index (χ1v) is 9.15. The fourth-order valence-electron chi connectivity index (χ4n) is 3.62. The van der Waals surface area contributed by atoms with Gasteiger partial charge >= 0.3 is 0 Å². The maximum absolute atomic E-state index is 11.8. The molecule has 8 heteroatoms. The van der Waals surface area contributed by atoms with Crippen molar-refractivity contribution in [2.75, 3.05) is 37.7 Å². The maximum atomic E-state index is 11.8. The Labute approximate surface area is 152 Å². The third-order valence-electron chi connectivity index (χ3n) is 4.92. The van der Waals surface area contributed by atoms with Crippen LogP contribution in [-0.4, -0.2) is 57.7 Å². The van der Waals surface area contributed by atoms with E-state index < -0.39 is 0 Å². The highest BCUT2D eigenvalue weighted by Gasteiger charge is 2.27. The lowest BCUT2D eigenvalue weighted by atomic mass is 10.1. The van der Waals surface area contributed by atoms with Crippen molar-refractivity contribution in [1.29, 1.82) is 0 Å². The molecule has 1 atom stereocenters. The molecule has 26 heavy (non-hydrogen) atoms. The van der Waals surface area contributed by atoms with Crippen LogP contribution >= 0.6 is 0 Å². The van der Waals surface area contributed by atoms with Crippen molar-refractivity contribution in [2.24, 2.45) is 0 Å². The number of nitrogens with one attached hydrogen (secondary N) is 1. The summed E-state index contributed by atoms with van der Waals surface area (Å²) in [6.45, 7) is 6.51. The van der Waals surface area contributed by atoms with Gasteiger partial charge in [-0.2, -0.15) is 0 Å². The highest BCUT2D eigenvalue weighted by Crippen LogP contribution is 2.24. The quantitative estimate of drug-likeness (QED) is 0.876. The third-order valence-corrected chi connectivity index (χ3v) is 4.92. The predicted octanol–water partition coefficient (Wildman–Crippen LogP) is 1.04. The number of anilines is 1. The van der Waals surface area contributed by atoms with E-state index in [9.17, 15) is 4.79 Å². The molecule has 0 radical (unpaired) electrons. The van der Waals surface area contributed by atoms with Crippen molar-refractivity contribution in [1.82, 2.24) is 24.8 Å². The first-order chi connectivity index (χ1) is 12.7. The second-order valence-corrected chi connectivity index (χ2v) is 6.86. The van der Waals surface area contributed by atoms with Crippen molar-refractivity contribution >= 4 is 5.95 Å². The van der Waals surface area contributed by atoms with Crippen LogP contribution in [-0.2, 0) is 11.3 Å². The van der Waals surface area contributed by atoms with Crippen molar-refractivity contribution in [3.63, 3.8) is 0 Å². The standard InChI is InChI=1S/C18H24N6O2/c1-13-20-15(10-17(25)21-13)16-12-26-9-8-24(16)11-14-4-5-19-18(22-14)23-6-2-3-7-23/h4-5,10,16H,2-3,6-9,11-12H2,1H3,(H,20,21,25)/t16-/m1/s1. The van der Waals surface area contributed by atoms with Crippen LogP contribution < -0.4 is 10.5 Å². The van der Waals surface area contributed by atoms with Gasteiger partial charge in [0.15, 0.2) is 0 Å². The Kier molecular flexibility index (Phi) is 4.94. The Morgan fingerprint density at radius 1 is 1.27 bits per heavy atom. The molecule has 4 heterocycles. The molecule has 0 spiro atoms. The van der Waals surface area contributed by atoms with Gasteiger partial charge in [-0.3, -0.25) is 9.69 Å². The number of aryl methyl sites for hydroxylation is 1. The second kappa shape index (κ2) is 7.51. The Hall–Kier alpha value is -2.32. The van der Waals surface area contributed by atoms with E-state index in [2.05, 4.69) is 24.8 Å². The van der Waals surface area contributed by atoms with Crippen LogP contribution in [0.4, 0.5) is 5.95 Å². The zero-order valence-electron chi connectivity index (χ0n) is 15.0. The Morgan fingerprint density at radius 3 is 2.92 bits per heavy atom. The molecule has 2 aromatic heterocycles. The molecule has 138 valence electrons. The van der Waals surface area contributed by atoms with Gasteiger partial charge in [0.05, 0.1) is 30.6 Å². The zero-order chi connectivity index (χ0) is 17.9. The van der Waals surface area contributed by atoms with Gasteiger partial charge in [0.25, 0.3) is 5.56 Å². The highest BCUT2D eigenvalue weighted by atomic mass is 16.5. The van der Waals surface area contributed by atoms with E-state index in [1.165, 1.54) is 12.8 Å². The van der Waals surface area contributed by atoms with Crippen molar-refractivity contribution < 1.29 is 4.74 Å². The predicted molar refractivity (Wildman–Crippen MR) is 97.0 cm³/mol. The number of morpholine rings is 1. The summed E-state index contributed by atoms with van der Waals surface area (Å²) in [5.74, 6) is 1.44. The monoisotopic (exact) mass is 356 g/mol. The smallest absolute Gasteiger partial charge is 0.251 e. The van der Waals surface area contributed by atoms with Gasteiger partial charge in [0.1, 0.15) is 5.82 Å². The molecule has 2 fully saturated rings. The Balaban J connectivity index is 1.55. The lowest BCUT2D eigenvalue weighted by Gasteiger charge is -2.35. The normalized spacial score (nSPS) is 21.3. The minimum absolute atomic E-state index is 0.0463. The van der Waals surface area contributed by atoms with Crippen molar-refractivity contribution in [3.8, 4) is 0 Å². The number of hydrogen-bond donors (Lipinski definition) is 1. The molecule has 4 rings (SSSR count). The number of rotatable bonds is 4. The topological polar surface area (TPSA) is 87.2 Å². The SMILES string of the molecule is Cc1nc([C@H]2COCCN2Cc2ccnc(N3CCCC3)n2)cc(=O)[nH]1. The molecule has 0 amide bonds. The lowest BCUT2D eigenvalue weighted by Crippen LogP contribution is -2.40. The van der Waals surface area contributed by atoms with Crippen molar-refractivity contribution in [2.45, 2.75) is 32.4 Å². The van der Waals surface area contributed by atoms with E-state index in [1.807, 2.05) is 12.3 Å². The van der Waals surface area contributed by atoms with Crippen LogP contribution in [0.2, 0.25) is 0 Å². The largest absolute Gasteiger partial charge is 0.378 e. The van der Waals surface area contributed by atoms with E-state index in [1.54, 1.807) is 13.0 Å². The molecule has 2 aliphatic rings. The van der Waals surface area contributed by atoms with Crippen LogP contribution in [0.15, 0.2) is 23.1 Å². The van der Waals surface area contributed by atoms with Crippen LogP contribution in [0.3, 0.4) is 0 Å². The summed E-state index contributed by atoms with van der Waals surface area (Å²) in [5.41, 5.74) is 1.60. The molecule has 2 saturated heterocycles. The molecule has 2 aliphatic heterocycles. The fourth-order valence-corrected chi connectivity index (χ4v) is 3.62. The number of hydrogen-bond acceptors (Lipinski definition) is 7. The summed E-state index contributed by atoms with van der Waals surface area (Å²) in [4.78, 5) is 32.7. The molecular formula is C18H24N6O2. The summed E-state index contributed by atoms with van der Waals surface area (Å²) in [7, 11) is 0. The van der Waals surface area contributed by atoms with Gasteiger partial charge < -0.3 is 14.6 Å². The summed E-state index contributed by atoms with van der Waals surface area (Å²) >= 11 is 0. The lowest BCUT2D eigenvalue weighted by molar-refractivity contribution is -0.0149. The van der Waals surface area contributed by atoms with Gasteiger partial charge in [-0.1, -0.05) is 0 Å². The summed E-state index contributed by atoms with van der Waals surface area (Å²) in [5, 5.41) is 0. The first kappa shape index (κ1) is 17.1. The molecule has 8 nitrogen and oxygen atoms in total. The number of ether oxygens (including phenoxy) is 1. The van der Waals surface area contributed by atoms with Crippen LogP contribution in [0.5, 0.6) is 0 Å². The van der Waals surface area contributed by atoms with E-state index >= 15 is 0 Å². The highest BCUT2D eigenvalue weighted by molar-refractivity contribution is 5.31. The molecule has 0 unspecified atom stereocenters. The summed E-state index contributed by atoms with van der Waals surface area (Å²) in [6, 6.07) is 3.48. The van der Waals surface area contributed by atoms with Gasteiger partial charge in [-0.05, 0) is 25.8 Å². The Bertz CT molecular complexity index is 817. The van der Waals surface area contributed by atoms with Gasteiger partial charge in [-0.25, -0.2) is 15.0 Å². The fraction of sp³-hybridized carbons (Fsp3) is 0.556.